The van der Waals surface area contributed by atoms with Crippen LogP contribution in [0.2, 0.25) is 30.7 Å². The first kappa shape index (κ1) is 44.6. The first-order valence-corrected chi connectivity index (χ1v) is 28.4. The molecule has 0 amide bonds. The summed E-state index contributed by atoms with van der Waals surface area (Å²) in [5.41, 5.74) is -1.77. The lowest BCUT2D eigenvalue weighted by Crippen LogP contribution is -2.71. The highest BCUT2D eigenvalue weighted by Gasteiger charge is 2.85. The normalized spacial score (nSPS) is 34.0. The minimum absolute atomic E-state index is 0.0303. The number of rotatable bonds is 20. The monoisotopic (exact) mass is 837 g/mol. The number of benzene rings is 2. The number of fused-ring (bicyclic) bond motifs is 1. The summed E-state index contributed by atoms with van der Waals surface area (Å²) in [5, 5.41) is 15.5. The smallest absolute Gasteiger partial charge is 0.261 e. The number of aliphatic hydroxyl groups is 1. The van der Waals surface area contributed by atoms with E-state index in [-0.39, 0.29) is 34.7 Å². The Hall–Kier alpha value is -1.45. The summed E-state index contributed by atoms with van der Waals surface area (Å²) in [6, 6.07) is 23.1. The molecule has 1 unspecified atom stereocenters. The SMILES string of the molecule is CCOC1C[C@@]2(CO1)C[C@]1(O)C[C@H]3[C@@H](CCOCOCC[Si](C)(C)C)[C@H](CCCCCCO[Si](c4ccccc4)(c4ccccc4)C(C)(C)C)[C@@H]1[C@@]21OC(C)(C)O[C@H]31. The van der Waals surface area contributed by atoms with Crippen LogP contribution in [0.1, 0.15) is 99.3 Å². The molecule has 2 saturated heterocycles. The predicted octanol–water partition coefficient (Wildman–Crippen LogP) is 8.91. The van der Waals surface area contributed by atoms with Crippen LogP contribution in [0.25, 0.3) is 0 Å². The van der Waals surface area contributed by atoms with Crippen LogP contribution in [0.15, 0.2) is 60.7 Å². The molecule has 1 N–H and O–H groups in total. The molecule has 8 rings (SSSR count). The van der Waals surface area contributed by atoms with Gasteiger partial charge in [-0.05, 0) is 92.1 Å². The molecule has 0 aromatic heterocycles. The van der Waals surface area contributed by atoms with Gasteiger partial charge in [0.25, 0.3) is 8.32 Å². The molecule has 4 saturated carbocycles. The predicted molar refractivity (Wildman–Crippen MR) is 236 cm³/mol. The van der Waals surface area contributed by atoms with Gasteiger partial charge in [-0.1, -0.05) is 120 Å². The molecule has 6 aliphatic rings. The zero-order chi connectivity index (χ0) is 41.5. The van der Waals surface area contributed by atoms with Crippen LogP contribution in [0.3, 0.4) is 0 Å². The van der Waals surface area contributed by atoms with E-state index in [0.29, 0.717) is 44.9 Å². The van der Waals surface area contributed by atoms with Gasteiger partial charge in [0.2, 0.25) is 0 Å². The van der Waals surface area contributed by atoms with Crippen molar-refractivity contribution in [3.8, 4) is 0 Å². The van der Waals surface area contributed by atoms with Crippen molar-refractivity contribution in [3.63, 3.8) is 0 Å². The van der Waals surface area contributed by atoms with Crippen LogP contribution in [-0.4, -0.2) is 90.7 Å². The van der Waals surface area contributed by atoms with Gasteiger partial charge >= 0.3 is 0 Å². The van der Waals surface area contributed by atoms with Crippen LogP contribution in [0.5, 0.6) is 0 Å². The van der Waals surface area contributed by atoms with E-state index >= 15 is 0 Å². The molecule has 2 aromatic carbocycles. The lowest BCUT2D eigenvalue weighted by atomic mass is 9.46. The van der Waals surface area contributed by atoms with Crippen molar-refractivity contribution in [1.82, 2.24) is 0 Å². The third kappa shape index (κ3) is 8.39. The van der Waals surface area contributed by atoms with Gasteiger partial charge in [0, 0.05) is 52.3 Å². The third-order valence-corrected chi connectivity index (χ3v) is 21.4. The Morgan fingerprint density at radius 2 is 1.47 bits per heavy atom. The van der Waals surface area contributed by atoms with Gasteiger partial charge in [0.15, 0.2) is 12.1 Å². The average Bonchev–Trinajstić information content (AvgIpc) is 3.76. The van der Waals surface area contributed by atoms with Gasteiger partial charge in [-0.3, -0.25) is 0 Å². The van der Waals surface area contributed by atoms with Gasteiger partial charge in [-0.2, -0.15) is 0 Å². The molecular weight excluding hydrogens is 761 g/mol. The Morgan fingerprint density at radius 3 is 2.10 bits per heavy atom. The van der Waals surface area contributed by atoms with Crippen LogP contribution >= 0.6 is 0 Å². The van der Waals surface area contributed by atoms with E-state index in [1.165, 1.54) is 10.4 Å². The summed E-state index contributed by atoms with van der Waals surface area (Å²) in [6.45, 7) is 24.0. The summed E-state index contributed by atoms with van der Waals surface area (Å²) in [7, 11) is -3.71. The van der Waals surface area contributed by atoms with Gasteiger partial charge in [-0.15, -0.1) is 0 Å². The second-order valence-electron chi connectivity index (χ2n) is 21.2. The maximum absolute atomic E-state index is 12.9. The molecule has 2 aliphatic heterocycles. The topological polar surface area (TPSA) is 84.8 Å². The Bertz CT molecular complexity index is 1590. The van der Waals surface area contributed by atoms with E-state index in [1.54, 1.807) is 0 Å². The Balaban J connectivity index is 1.05. The zero-order valence-electron chi connectivity index (χ0n) is 37.4. The summed E-state index contributed by atoms with van der Waals surface area (Å²) >= 11 is 0. The van der Waals surface area contributed by atoms with E-state index < -0.39 is 33.4 Å². The first-order valence-electron chi connectivity index (χ1n) is 22.8. The van der Waals surface area contributed by atoms with Crippen LogP contribution < -0.4 is 10.4 Å². The Morgan fingerprint density at radius 1 is 0.810 bits per heavy atom. The van der Waals surface area contributed by atoms with E-state index in [1.807, 2.05) is 6.92 Å². The fourth-order valence-electron chi connectivity index (χ4n) is 12.7. The molecule has 2 aromatic rings. The van der Waals surface area contributed by atoms with Crippen molar-refractivity contribution < 1.29 is 38.0 Å². The highest BCUT2D eigenvalue weighted by Crippen LogP contribution is 2.77. The highest BCUT2D eigenvalue weighted by atomic mass is 28.4. The van der Waals surface area contributed by atoms with Crippen molar-refractivity contribution in [2.45, 2.75) is 159 Å². The van der Waals surface area contributed by atoms with Gasteiger partial charge in [-0.25, -0.2) is 0 Å². The van der Waals surface area contributed by atoms with Gasteiger partial charge < -0.3 is 38.0 Å². The lowest BCUT2D eigenvalue weighted by molar-refractivity contribution is -0.249. The maximum atomic E-state index is 12.9. The van der Waals surface area contributed by atoms with Gasteiger partial charge in [0.05, 0.1) is 18.3 Å². The first-order chi connectivity index (χ1) is 27.5. The van der Waals surface area contributed by atoms with Crippen LogP contribution in [-0.2, 0) is 32.8 Å². The zero-order valence-corrected chi connectivity index (χ0v) is 39.4. The molecule has 6 fully saturated rings. The van der Waals surface area contributed by atoms with Crippen molar-refractivity contribution >= 4 is 26.8 Å². The van der Waals surface area contributed by atoms with E-state index in [4.69, 9.17) is 32.8 Å². The van der Waals surface area contributed by atoms with Crippen LogP contribution in [0.4, 0.5) is 0 Å². The molecule has 324 valence electrons. The second-order valence-corrected chi connectivity index (χ2v) is 31.1. The van der Waals surface area contributed by atoms with Crippen molar-refractivity contribution in [2.24, 2.45) is 29.1 Å². The average molecular weight is 837 g/mol. The minimum atomic E-state index is -2.56. The summed E-state index contributed by atoms with van der Waals surface area (Å²) in [6.07, 6.45) is 8.17. The quantitative estimate of drug-likeness (QED) is 0.0805. The van der Waals surface area contributed by atoms with E-state index in [0.717, 1.165) is 70.6 Å². The van der Waals surface area contributed by atoms with E-state index in [9.17, 15) is 5.11 Å². The Kier molecular flexibility index (Phi) is 13.4. The molecule has 9 atom stereocenters. The maximum Gasteiger partial charge on any atom is 0.261 e. The molecule has 58 heavy (non-hydrogen) atoms. The number of ether oxygens (including phenoxy) is 6. The minimum Gasteiger partial charge on any atom is -0.407 e. The van der Waals surface area contributed by atoms with Crippen molar-refractivity contribution in [1.29, 1.82) is 0 Å². The van der Waals surface area contributed by atoms with Crippen molar-refractivity contribution in [2.75, 3.05) is 39.8 Å². The number of hydrogen-bond donors (Lipinski definition) is 1. The number of unbranched alkanes of at least 4 members (excludes halogenated alkanes) is 3. The Labute approximate surface area is 352 Å². The fraction of sp³-hybridized carbons (Fsp3) is 0.750. The van der Waals surface area contributed by atoms with Crippen LogP contribution in [0, 0.1) is 29.1 Å². The molecule has 8 nitrogen and oxygen atoms in total. The summed E-state index contributed by atoms with van der Waals surface area (Å²) in [5.74, 6) is 0.0914. The van der Waals surface area contributed by atoms with Crippen molar-refractivity contribution in [3.05, 3.63) is 60.7 Å². The molecule has 4 bridgehead atoms. The lowest BCUT2D eigenvalue weighted by Gasteiger charge is -2.62. The molecule has 2 spiro atoms. The second kappa shape index (κ2) is 17.4. The molecule has 0 radical (unpaired) electrons. The fourth-order valence-corrected chi connectivity index (χ4v) is 18.0. The largest absolute Gasteiger partial charge is 0.407 e. The summed E-state index contributed by atoms with van der Waals surface area (Å²) < 4.78 is 46.1. The molecule has 2 heterocycles. The molecule has 10 heteroatoms. The molecular formula is C48H76O8Si2. The standard InChI is InChI=1S/C48H76O8Si2/c1-10-52-41-32-46(34-53-41)33-47(49)31-40-38(26-28-50-35-51-29-30-57(7,8)9)39(42(47)48(46)43(40)55-45(5,6)56-48)25-19-11-12-20-27-54-58(44(2,3)4,36-21-15-13-16-22-36)37-23-17-14-18-24-37/h13-18,21-24,38-43,49H,10-12,19-20,25-35H2,1-9H3/t38-,39-,40-,41?,42-,43+,46-,47+,48-/m0/s1. The highest BCUT2D eigenvalue weighted by molar-refractivity contribution is 6.99. The number of hydrogen-bond acceptors (Lipinski definition) is 8. The van der Waals surface area contributed by atoms with E-state index in [2.05, 4.69) is 115 Å². The third-order valence-electron chi connectivity index (χ3n) is 14.6. The summed E-state index contributed by atoms with van der Waals surface area (Å²) in [4.78, 5) is 0. The molecule has 4 aliphatic carbocycles. The van der Waals surface area contributed by atoms with Gasteiger partial charge in [0.1, 0.15) is 12.4 Å².